The number of aryl methyl sites for hydroxylation is 1. The average Bonchev–Trinajstić information content (AvgIpc) is 2.70. The van der Waals surface area contributed by atoms with Crippen molar-refractivity contribution in [3.05, 3.63) is 45.0 Å². The molecule has 3 rings (SSSR count). The van der Waals surface area contributed by atoms with Gasteiger partial charge in [-0.15, -0.1) is 11.8 Å². The van der Waals surface area contributed by atoms with Crippen LogP contribution in [-0.2, 0) is 11.3 Å². The Balaban J connectivity index is 1.89. The Kier molecular flexibility index (Phi) is 4.17. The van der Waals surface area contributed by atoms with Gasteiger partial charge in [-0.1, -0.05) is 23.5 Å². The zero-order chi connectivity index (χ0) is 14.8. The highest BCUT2D eigenvalue weighted by atomic mass is 32.2. The number of carbonyl (C=O) groups excluding carboxylic acids is 1. The fourth-order valence-electron chi connectivity index (χ4n) is 2.40. The Bertz CT molecular complexity index is 720. The number of aromatic nitrogens is 1. The average molecular weight is 320 g/mol. The first-order valence-corrected chi connectivity index (χ1v) is 8.70. The first kappa shape index (κ1) is 14.4. The normalized spacial score (nSPS) is 14.6. The minimum atomic E-state index is -0.0710. The standard InChI is InChI=1S/C15H16N2O2S2/c1-11-10-21-15(19)17(11)9-14(18)16-7-4-8-20-13-6-3-2-5-12(13)16/h2-3,5-6,10H,4,7-9H2,1H3. The number of hydrogen-bond donors (Lipinski definition) is 0. The topological polar surface area (TPSA) is 42.3 Å². The quantitative estimate of drug-likeness (QED) is 0.854. The number of anilines is 1. The van der Waals surface area contributed by atoms with Crippen LogP contribution >= 0.6 is 23.1 Å². The van der Waals surface area contributed by atoms with Crippen LogP contribution in [0.15, 0.2) is 39.3 Å². The summed E-state index contributed by atoms with van der Waals surface area (Å²) in [5, 5.41) is 1.79. The molecule has 1 aromatic heterocycles. The molecule has 110 valence electrons. The third kappa shape index (κ3) is 2.91. The summed E-state index contributed by atoms with van der Waals surface area (Å²) in [4.78, 5) is 27.3. The summed E-state index contributed by atoms with van der Waals surface area (Å²) in [6, 6.07) is 7.97. The van der Waals surface area contributed by atoms with Crippen LogP contribution in [0.2, 0.25) is 0 Å². The maximum atomic E-state index is 12.6. The summed E-state index contributed by atoms with van der Waals surface area (Å²) in [6.07, 6.45) is 0.961. The van der Waals surface area contributed by atoms with E-state index in [4.69, 9.17) is 0 Å². The van der Waals surface area contributed by atoms with Crippen molar-refractivity contribution in [1.82, 2.24) is 4.57 Å². The molecule has 21 heavy (non-hydrogen) atoms. The van der Waals surface area contributed by atoms with Crippen LogP contribution in [-0.4, -0.2) is 22.8 Å². The second-order valence-electron chi connectivity index (χ2n) is 4.94. The Morgan fingerprint density at radius 2 is 2.14 bits per heavy atom. The number of carbonyl (C=O) groups is 1. The van der Waals surface area contributed by atoms with E-state index < -0.39 is 0 Å². The van der Waals surface area contributed by atoms with E-state index >= 15 is 0 Å². The number of nitrogens with zero attached hydrogens (tertiary/aromatic N) is 2. The van der Waals surface area contributed by atoms with Crippen molar-refractivity contribution in [2.75, 3.05) is 17.2 Å². The lowest BCUT2D eigenvalue weighted by atomic mass is 10.2. The van der Waals surface area contributed by atoms with Gasteiger partial charge in [-0.3, -0.25) is 14.2 Å². The van der Waals surface area contributed by atoms with Crippen molar-refractivity contribution in [3.63, 3.8) is 0 Å². The minimum absolute atomic E-state index is 0.0199. The molecular formula is C15H16N2O2S2. The summed E-state index contributed by atoms with van der Waals surface area (Å²) in [5.41, 5.74) is 1.81. The second-order valence-corrected chi connectivity index (χ2v) is 6.90. The van der Waals surface area contributed by atoms with E-state index in [1.807, 2.05) is 36.1 Å². The van der Waals surface area contributed by atoms with Crippen molar-refractivity contribution in [2.45, 2.75) is 24.8 Å². The molecule has 0 fully saturated rings. The number of fused-ring (bicyclic) bond motifs is 1. The van der Waals surface area contributed by atoms with Gasteiger partial charge >= 0.3 is 4.87 Å². The van der Waals surface area contributed by atoms with E-state index in [0.717, 1.165) is 39.8 Å². The Hall–Kier alpha value is -1.53. The van der Waals surface area contributed by atoms with Crippen LogP contribution in [0.5, 0.6) is 0 Å². The van der Waals surface area contributed by atoms with Gasteiger partial charge in [0.2, 0.25) is 5.91 Å². The van der Waals surface area contributed by atoms with Crippen LogP contribution in [0.1, 0.15) is 12.1 Å². The molecule has 1 aromatic carbocycles. The molecular weight excluding hydrogens is 304 g/mol. The molecule has 0 N–H and O–H groups in total. The molecule has 0 unspecified atom stereocenters. The third-order valence-corrected chi connectivity index (χ3v) is 5.54. The number of benzene rings is 1. The van der Waals surface area contributed by atoms with Crippen molar-refractivity contribution >= 4 is 34.7 Å². The molecule has 1 aliphatic rings. The monoisotopic (exact) mass is 320 g/mol. The molecule has 1 aliphatic heterocycles. The van der Waals surface area contributed by atoms with E-state index in [9.17, 15) is 9.59 Å². The fourth-order valence-corrected chi connectivity index (χ4v) is 4.13. The maximum absolute atomic E-state index is 12.6. The summed E-state index contributed by atoms with van der Waals surface area (Å²) < 4.78 is 1.55. The first-order valence-electron chi connectivity index (χ1n) is 6.84. The van der Waals surface area contributed by atoms with Crippen molar-refractivity contribution in [3.8, 4) is 0 Å². The van der Waals surface area contributed by atoms with Crippen LogP contribution in [0.3, 0.4) is 0 Å². The van der Waals surface area contributed by atoms with E-state index in [1.54, 1.807) is 21.7 Å². The van der Waals surface area contributed by atoms with Gasteiger partial charge in [-0.05, 0) is 31.2 Å². The number of hydrogen-bond acceptors (Lipinski definition) is 4. The van der Waals surface area contributed by atoms with Crippen molar-refractivity contribution < 1.29 is 4.79 Å². The zero-order valence-electron chi connectivity index (χ0n) is 11.7. The molecule has 0 radical (unpaired) electrons. The Morgan fingerprint density at radius 3 is 2.90 bits per heavy atom. The maximum Gasteiger partial charge on any atom is 0.307 e. The number of thioether (sulfide) groups is 1. The van der Waals surface area contributed by atoms with Gasteiger partial charge in [0, 0.05) is 22.5 Å². The summed E-state index contributed by atoms with van der Waals surface area (Å²) >= 11 is 2.93. The molecule has 0 saturated carbocycles. The van der Waals surface area contributed by atoms with Gasteiger partial charge in [0.05, 0.1) is 5.69 Å². The minimum Gasteiger partial charge on any atom is -0.310 e. The number of amides is 1. The first-order chi connectivity index (χ1) is 10.2. The SMILES string of the molecule is Cc1csc(=O)n1CC(=O)N1CCCSc2ccccc21. The highest BCUT2D eigenvalue weighted by Crippen LogP contribution is 2.33. The summed E-state index contributed by atoms with van der Waals surface area (Å²) in [5.74, 6) is 0.992. The molecule has 0 saturated heterocycles. The molecule has 0 spiro atoms. The molecule has 0 atom stereocenters. The smallest absolute Gasteiger partial charge is 0.307 e. The Labute approximate surface area is 131 Å². The van der Waals surface area contributed by atoms with Gasteiger partial charge in [0.25, 0.3) is 0 Å². The van der Waals surface area contributed by atoms with E-state index in [1.165, 1.54) is 0 Å². The lowest BCUT2D eigenvalue weighted by Gasteiger charge is -2.22. The van der Waals surface area contributed by atoms with Crippen LogP contribution in [0.4, 0.5) is 5.69 Å². The van der Waals surface area contributed by atoms with Crippen molar-refractivity contribution in [2.24, 2.45) is 0 Å². The van der Waals surface area contributed by atoms with Crippen molar-refractivity contribution in [1.29, 1.82) is 0 Å². The van der Waals surface area contributed by atoms with Gasteiger partial charge in [-0.2, -0.15) is 0 Å². The number of para-hydroxylation sites is 1. The molecule has 0 bridgehead atoms. The zero-order valence-corrected chi connectivity index (χ0v) is 13.4. The number of rotatable bonds is 2. The lowest BCUT2D eigenvalue weighted by molar-refractivity contribution is -0.119. The van der Waals surface area contributed by atoms with Gasteiger partial charge < -0.3 is 4.90 Å². The van der Waals surface area contributed by atoms with Gasteiger partial charge in [0.1, 0.15) is 6.54 Å². The van der Waals surface area contributed by atoms with Gasteiger partial charge in [0.15, 0.2) is 0 Å². The number of thiazole rings is 1. The predicted octanol–water partition coefficient (Wildman–Crippen LogP) is 2.75. The van der Waals surface area contributed by atoms with Crippen LogP contribution in [0.25, 0.3) is 0 Å². The summed E-state index contributed by atoms with van der Waals surface area (Å²) in [6.45, 7) is 2.69. The molecule has 2 aromatic rings. The lowest BCUT2D eigenvalue weighted by Crippen LogP contribution is -2.36. The summed E-state index contributed by atoms with van der Waals surface area (Å²) in [7, 11) is 0. The van der Waals surface area contributed by atoms with Crippen LogP contribution in [0, 0.1) is 6.92 Å². The molecule has 2 heterocycles. The van der Waals surface area contributed by atoms with Gasteiger partial charge in [-0.25, -0.2) is 0 Å². The highest BCUT2D eigenvalue weighted by Gasteiger charge is 2.22. The largest absolute Gasteiger partial charge is 0.310 e. The van der Waals surface area contributed by atoms with E-state index in [-0.39, 0.29) is 17.3 Å². The van der Waals surface area contributed by atoms with E-state index in [0.29, 0.717) is 6.54 Å². The van der Waals surface area contributed by atoms with E-state index in [2.05, 4.69) is 0 Å². The Morgan fingerprint density at radius 1 is 1.33 bits per heavy atom. The molecule has 0 aliphatic carbocycles. The predicted molar refractivity (Wildman–Crippen MR) is 87.5 cm³/mol. The molecule has 1 amide bonds. The highest BCUT2D eigenvalue weighted by molar-refractivity contribution is 7.99. The second kappa shape index (κ2) is 6.07. The molecule has 4 nitrogen and oxygen atoms in total. The third-order valence-electron chi connectivity index (χ3n) is 3.51. The fraction of sp³-hybridized carbons (Fsp3) is 0.333. The van der Waals surface area contributed by atoms with Crippen LogP contribution < -0.4 is 9.77 Å². The molecule has 6 heteroatoms.